The molecular formula is C26H33N3O4. The SMILES string of the molecule is Cc1cc(OCC(C)C)ccc1/C(O)=C1/C(=O)C(=O)N(CCCN(C)C)C1c1ccncc1. The Morgan fingerprint density at radius 3 is 2.48 bits per heavy atom. The second-order valence-electron chi connectivity index (χ2n) is 9.11. The van der Waals surface area contributed by atoms with E-state index >= 15 is 0 Å². The minimum atomic E-state index is -0.668. The minimum Gasteiger partial charge on any atom is -0.507 e. The number of rotatable bonds is 9. The summed E-state index contributed by atoms with van der Waals surface area (Å²) in [5.41, 5.74) is 2.12. The van der Waals surface area contributed by atoms with Crippen LogP contribution in [-0.2, 0) is 9.59 Å². The molecule has 2 heterocycles. The number of benzene rings is 1. The summed E-state index contributed by atoms with van der Waals surface area (Å²) in [5, 5.41) is 11.3. The van der Waals surface area contributed by atoms with Crippen LogP contribution in [0.3, 0.4) is 0 Å². The highest BCUT2D eigenvalue weighted by Gasteiger charge is 2.45. The van der Waals surface area contributed by atoms with Gasteiger partial charge in [-0.3, -0.25) is 14.6 Å². The van der Waals surface area contributed by atoms with Gasteiger partial charge in [-0.25, -0.2) is 0 Å². The lowest BCUT2D eigenvalue weighted by Gasteiger charge is -2.26. The molecule has 0 bridgehead atoms. The number of ether oxygens (including phenoxy) is 1. The van der Waals surface area contributed by atoms with E-state index in [1.165, 1.54) is 0 Å². The predicted octanol–water partition coefficient (Wildman–Crippen LogP) is 3.80. The van der Waals surface area contributed by atoms with Crippen LogP contribution in [0.5, 0.6) is 5.75 Å². The van der Waals surface area contributed by atoms with Crippen LogP contribution in [0, 0.1) is 12.8 Å². The summed E-state index contributed by atoms with van der Waals surface area (Å²) in [7, 11) is 3.93. The standard InChI is InChI=1S/C26H33N3O4/c1-17(2)16-33-20-7-8-21(18(3)15-20)24(30)22-23(19-9-11-27-12-10-19)29(26(32)25(22)31)14-6-13-28(4)5/h7-12,15,17,23,30H,6,13-14,16H2,1-5H3/b24-22-. The monoisotopic (exact) mass is 451 g/mol. The minimum absolute atomic E-state index is 0.106. The van der Waals surface area contributed by atoms with Crippen molar-refractivity contribution >= 4 is 17.4 Å². The molecular weight excluding hydrogens is 418 g/mol. The quantitative estimate of drug-likeness (QED) is 0.355. The van der Waals surface area contributed by atoms with Crippen molar-refractivity contribution in [3.63, 3.8) is 0 Å². The highest BCUT2D eigenvalue weighted by molar-refractivity contribution is 6.46. The highest BCUT2D eigenvalue weighted by Crippen LogP contribution is 2.40. The number of pyridine rings is 1. The van der Waals surface area contributed by atoms with Gasteiger partial charge in [-0.05, 0) is 81.4 Å². The number of likely N-dealkylation sites (tertiary alicyclic amines) is 1. The number of aliphatic hydroxyl groups is 1. The van der Waals surface area contributed by atoms with Gasteiger partial charge in [0.05, 0.1) is 18.2 Å². The first-order valence-corrected chi connectivity index (χ1v) is 11.3. The van der Waals surface area contributed by atoms with Crippen LogP contribution in [0.4, 0.5) is 0 Å². The Morgan fingerprint density at radius 2 is 1.88 bits per heavy atom. The van der Waals surface area contributed by atoms with E-state index in [0.29, 0.717) is 36.8 Å². The number of hydrogen-bond donors (Lipinski definition) is 1. The first-order chi connectivity index (χ1) is 15.7. The molecule has 1 fully saturated rings. The van der Waals surface area contributed by atoms with E-state index in [2.05, 4.69) is 18.8 Å². The lowest BCUT2D eigenvalue weighted by Crippen LogP contribution is -2.32. The fourth-order valence-corrected chi connectivity index (χ4v) is 3.96. The van der Waals surface area contributed by atoms with E-state index in [9.17, 15) is 14.7 Å². The number of hydrogen-bond acceptors (Lipinski definition) is 6. The molecule has 7 heteroatoms. The summed E-state index contributed by atoms with van der Waals surface area (Å²) in [5.74, 6) is -0.335. The van der Waals surface area contributed by atoms with Gasteiger partial charge in [0.2, 0.25) is 0 Å². The van der Waals surface area contributed by atoms with Gasteiger partial charge < -0.3 is 19.6 Å². The van der Waals surface area contributed by atoms with Crippen molar-refractivity contribution in [2.75, 3.05) is 33.8 Å². The normalized spacial score (nSPS) is 17.9. The van der Waals surface area contributed by atoms with Crippen LogP contribution in [0.15, 0.2) is 48.3 Å². The van der Waals surface area contributed by atoms with Gasteiger partial charge in [-0.2, -0.15) is 0 Å². The summed E-state index contributed by atoms with van der Waals surface area (Å²) in [6, 6.07) is 8.25. The van der Waals surface area contributed by atoms with Gasteiger partial charge in [-0.1, -0.05) is 13.8 Å². The Hall–Kier alpha value is -3.19. The van der Waals surface area contributed by atoms with E-state index < -0.39 is 17.7 Å². The zero-order chi connectivity index (χ0) is 24.1. The zero-order valence-electron chi connectivity index (χ0n) is 20.0. The zero-order valence-corrected chi connectivity index (χ0v) is 20.0. The van der Waals surface area contributed by atoms with E-state index in [1.807, 2.05) is 32.0 Å². The first kappa shape index (κ1) is 24.5. The molecule has 0 spiro atoms. The number of Topliss-reactive ketones (excluding diaryl/α,β-unsaturated/α-hetero) is 1. The maximum Gasteiger partial charge on any atom is 0.295 e. The van der Waals surface area contributed by atoms with Gasteiger partial charge in [0, 0.05) is 24.5 Å². The van der Waals surface area contributed by atoms with Gasteiger partial charge >= 0.3 is 0 Å². The van der Waals surface area contributed by atoms with Gasteiger partial charge in [0.15, 0.2) is 0 Å². The number of ketones is 1. The summed E-state index contributed by atoms with van der Waals surface area (Å²) < 4.78 is 5.78. The molecule has 1 aromatic heterocycles. The van der Waals surface area contributed by atoms with Crippen LogP contribution in [0.1, 0.15) is 43.0 Å². The summed E-state index contributed by atoms with van der Waals surface area (Å²) in [6.45, 7) is 7.78. The summed E-state index contributed by atoms with van der Waals surface area (Å²) in [6.07, 6.45) is 3.96. The lowest BCUT2D eigenvalue weighted by molar-refractivity contribution is -0.139. The van der Waals surface area contributed by atoms with Crippen LogP contribution >= 0.6 is 0 Å². The van der Waals surface area contributed by atoms with E-state index in [1.54, 1.807) is 41.6 Å². The molecule has 0 saturated carbocycles. The Morgan fingerprint density at radius 1 is 1.18 bits per heavy atom. The van der Waals surface area contributed by atoms with Crippen LogP contribution in [0.25, 0.3) is 5.76 Å². The molecule has 7 nitrogen and oxygen atoms in total. The van der Waals surface area contributed by atoms with Crippen molar-refractivity contribution in [2.45, 2.75) is 33.2 Å². The van der Waals surface area contributed by atoms with Crippen molar-refractivity contribution in [1.29, 1.82) is 0 Å². The molecule has 1 aliphatic rings. The number of aryl methyl sites for hydroxylation is 1. The molecule has 1 aromatic carbocycles. The number of aromatic nitrogens is 1. The number of carbonyl (C=O) groups is 2. The van der Waals surface area contributed by atoms with Crippen LogP contribution in [-0.4, -0.2) is 65.4 Å². The molecule has 2 aromatic rings. The molecule has 1 amide bonds. The molecule has 3 rings (SSSR count). The molecule has 1 N–H and O–H groups in total. The molecule has 176 valence electrons. The Kier molecular flexibility index (Phi) is 7.87. The third kappa shape index (κ3) is 5.60. The fraction of sp³-hybridized carbons (Fsp3) is 0.423. The van der Waals surface area contributed by atoms with Crippen LogP contribution < -0.4 is 4.74 Å². The second-order valence-corrected chi connectivity index (χ2v) is 9.11. The smallest absolute Gasteiger partial charge is 0.295 e. The first-order valence-electron chi connectivity index (χ1n) is 11.3. The molecule has 0 radical (unpaired) electrons. The third-order valence-corrected chi connectivity index (χ3v) is 5.60. The van der Waals surface area contributed by atoms with Gasteiger partial charge in [-0.15, -0.1) is 0 Å². The van der Waals surface area contributed by atoms with Gasteiger partial charge in [0.1, 0.15) is 11.5 Å². The Bertz CT molecular complexity index is 1030. The Balaban J connectivity index is 2.02. The van der Waals surface area contributed by atoms with Crippen molar-refractivity contribution in [3.8, 4) is 5.75 Å². The highest BCUT2D eigenvalue weighted by atomic mass is 16.5. The van der Waals surface area contributed by atoms with E-state index in [4.69, 9.17) is 4.74 Å². The Labute approximate surface area is 195 Å². The number of amides is 1. The van der Waals surface area contributed by atoms with Crippen molar-refractivity contribution in [2.24, 2.45) is 5.92 Å². The fourth-order valence-electron chi connectivity index (χ4n) is 3.96. The second kappa shape index (κ2) is 10.6. The molecule has 1 saturated heterocycles. The van der Waals surface area contributed by atoms with E-state index in [0.717, 1.165) is 17.7 Å². The average molecular weight is 452 g/mol. The largest absolute Gasteiger partial charge is 0.507 e. The van der Waals surface area contributed by atoms with Crippen molar-refractivity contribution in [3.05, 3.63) is 65.0 Å². The van der Waals surface area contributed by atoms with Crippen molar-refractivity contribution in [1.82, 2.24) is 14.8 Å². The summed E-state index contributed by atoms with van der Waals surface area (Å²) in [4.78, 5) is 33.7. The maximum atomic E-state index is 13.1. The van der Waals surface area contributed by atoms with Crippen LogP contribution in [0.2, 0.25) is 0 Å². The van der Waals surface area contributed by atoms with Gasteiger partial charge in [0.25, 0.3) is 11.7 Å². The topological polar surface area (TPSA) is 83.0 Å². The predicted molar refractivity (Wildman–Crippen MR) is 128 cm³/mol. The molecule has 1 atom stereocenters. The number of nitrogens with zero attached hydrogens (tertiary/aromatic N) is 3. The molecule has 1 aliphatic heterocycles. The number of aliphatic hydroxyl groups excluding tert-OH is 1. The number of carbonyl (C=O) groups excluding carboxylic acids is 2. The lowest BCUT2D eigenvalue weighted by atomic mass is 9.94. The van der Waals surface area contributed by atoms with Crippen molar-refractivity contribution < 1.29 is 19.4 Å². The molecule has 1 unspecified atom stereocenters. The molecule has 0 aliphatic carbocycles. The average Bonchev–Trinajstić information content (AvgIpc) is 3.02. The third-order valence-electron chi connectivity index (χ3n) is 5.60. The maximum absolute atomic E-state index is 13.1. The molecule has 33 heavy (non-hydrogen) atoms. The summed E-state index contributed by atoms with van der Waals surface area (Å²) >= 11 is 0. The van der Waals surface area contributed by atoms with E-state index in [-0.39, 0.29) is 11.3 Å².